The number of likely N-dealkylation sites (N-methyl/N-ethyl adjacent to an activating group) is 1. The number of hydrogen-bond acceptors (Lipinski definition) is 6. The molecule has 8 nitrogen and oxygen atoms in total. The molecule has 1 aliphatic heterocycles. The van der Waals surface area contributed by atoms with E-state index in [1.165, 1.54) is 5.56 Å². The Hall–Kier alpha value is -4.34. The highest BCUT2D eigenvalue weighted by Gasteiger charge is 2.39. The fourth-order valence-electron chi connectivity index (χ4n) is 5.96. The number of aliphatic hydroxyl groups excluding tert-OH is 1. The molecular weight excluding hydrogens is 592 g/mol. The molecule has 5 atom stereocenters. The standard InChI is InChI=1S/C39H44N2O6/c1-26-35(24-41(3)27(2)30-9-5-4-6-10-30)46-39(47-38(26)32-14-12-28(25-42)13-15-32)33-18-16-31(17-19-33)34-11-7-8-29(22-34)23-40-36(43)20-21-37(44)45/h4-19,22,26-27,35,38-39,42H,20-21,23-25H2,1-3H3,(H,40,43)(H,44,45)/t26-,27-,35+,38+,39+/m0/s1. The number of carboxylic acid groups (broad SMARTS) is 1. The summed E-state index contributed by atoms with van der Waals surface area (Å²) in [7, 11) is 2.13. The van der Waals surface area contributed by atoms with Gasteiger partial charge in [0.05, 0.1) is 25.2 Å². The molecule has 0 aromatic heterocycles. The molecule has 0 saturated carbocycles. The van der Waals surface area contributed by atoms with E-state index in [0.29, 0.717) is 6.54 Å². The van der Waals surface area contributed by atoms with Crippen LogP contribution in [0.15, 0.2) is 103 Å². The summed E-state index contributed by atoms with van der Waals surface area (Å²) in [5.41, 5.74) is 7.03. The number of carbonyl (C=O) groups is 2. The molecule has 4 aromatic carbocycles. The number of amides is 1. The summed E-state index contributed by atoms with van der Waals surface area (Å²) in [6.45, 7) is 5.43. The van der Waals surface area contributed by atoms with Crippen LogP contribution in [0.1, 0.15) is 72.9 Å². The summed E-state index contributed by atoms with van der Waals surface area (Å²) >= 11 is 0. The first-order chi connectivity index (χ1) is 22.7. The summed E-state index contributed by atoms with van der Waals surface area (Å²) in [5.74, 6) is -1.20. The number of nitrogens with one attached hydrogen (secondary N) is 1. The van der Waals surface area contributed by atoms with E-state index in [-0.39, 0.29) is 49.5 Å². The molecule has 4 aromatic rings. The van der Waals surface area contributed by atoms with Gasteiger partial charge in [0.15, 0.2) is 6.29 Å². The van der Waals surface area contributed by atoms with Crippen LogP contribution in [0.3, 0.4) is 0 Å². The molecule has 1 amide bonds. The van der Waals surface area contributed by atoms with Crippen LogP contribution < -0.4 is 5.32 Å². The Balaban J connectivity index is 1.33. The Morgan fingerprint density at radius 2 is 1.53 bits per heavy atom. The van der Waals surface area contributed by atoms with Crippen LogP contribution >= 0.6 is 0 Å². The number of ether oxygens (including phenoxy) is 2. The lowest BCUT2D eigenvalue weighted by Gasteiger charge is -2.43. The SMILES string of the molecule is C[C@H]1[C@@H](CN(C)[C@@H](C)c2ccccc2)O[C@@H](c2ccc(-c3cccc(CNC(=O)CCC(=O)O)c3)cc2)O[C@H]1c1ccc(CO)cc1. The Kier molecular flexibility index (Phi) is 11.6. The maximum atomic E-state index is 12.0. The van der Waals surface area contributed by atoms with Crippen LogP contribution in [-0.2, 0) is 32.2 Å². The first-order valence-electron chi connectivity index (χ1n) is 16.2. The van der Waals surface area contributed by atoms with Crippen LogP contribution in [0.2, 0.25) is 0 Å². The molecule has 47 heavy (non-hydrogen) atoms. The fourth-order valence-corrected chi connectivity index (χ4v) is 5.96. The van der Waals surface area contributed by atoms with Gasteiger partial charge in [-0.15, -0.1) is 0 Å². The zero-order valence-corrected chi connectivity index (χ0v) is 27.2. The van der Waals surface area contributed by atoms with Gasteiger partial charge in [-0.05, 0) is 53.4 Å². The van der Waals surface area contributed by atoms with Gasteiger partial charge >= 0.3 is 5.97 Å². The minimum absolute atomic E-state index is 0.00538. The molecule has 0 bridgehead atoms. The van der Waals surface area contributed by atoms with Crippen molar-refractivity contribution in [3.63, 3.8) is 0 Å². The summed E-state index contributed by atoms with van der Waals surface area (Å²) in [4.78, 5) is 25.1. The molecule has 8 heteroatoms. The highest BCUT2D eigenvalue weighted by atomic mass is 16.7. The van der Waals surface area contributed by atoms with Gasteiger partial charge in [-0.25, -0.2) is 0 Å². The predicted octanol–water partition coefficient (Wildman–Crippen LogP) is 6.81. The topological polar surface area (TPSA) is 108 Å². The van der Waals surface area contributed by atoms with Crippen molar-refractivity contribution in [1.82, 2.24) is 10.2 Å². The molecule has 1 heterocycles. The van der Waals surface area contributed by atoms with Crippen molar-refractivity contribution in [2.45, 2.75) is 64.4 Å². The third-order valence-corrected chi connectivity index (χ3v) is 9.03. The van der Waals surface area contributed by atoms with Crippen molar-refractivity contribution in [3.05, 3.63) is 131 Å². The lowest BCUT2D eigenvalue weighted by atomic mass is 9.89. The maximum absolute atomic E-state index is 12.0. The van der Waals surface area contributed by atoms with Crippen molar-refractivity contribution in [2.75, 3.05) is 13.6 Å². The van der Waals surface area contributed by atoms with Gasteiger partial charge in [0, 0.05) is 37.0 Å². The van der Waals surface area contributed by atoms with E-state index in [9.17, 15) is 14.7 Å². The second-order valence-electron chi connectivity index (χ2n) is 12.3. The molecule has 246 valence electrons. The third kappa shape index (κ3) is 8.93. The number of benzene rings is 4. The van der Waals surface area contributed by atoms with Crippen molar-refractivity contribution in [3.8, 4) is 11.1 Å². The lowest BCUT2D eigenvalue weighted by molar-refractivity contribution is -0.276. The minimum Gasteiger partial charge on any atom is -0.481 e. The first kappa shape index (κ1) is 34.0. The molecule has 5 rings (SSSR count). The van der Waals surface area contributed by atoms with E-state index in [1.807, 2.05) is 78.9 Å². The van der Waals surface area contributed by atoms with Crippen molar-refractivity contribution < 1.29 is 29.3 Å². The highest BCUT2D eigenvalue weighted by molar-refractivity contribution is 5.80. The molecular formula is C39H44N2O6. The molecule has 1 saturated heterocycles. The molecule has 0 radical (unpaired) electrons. The van der Waals surface area contributed by atoms with Crippen molar-refractivity contribution >= 4 is 11.9 Å². The van der Waals surface area contributed by atoms with Crippen LogP contribution in [0, 0.1) is 5.92 Å². The van der Waals surface area contributed by atoms with Crippen LogP contribution in [0.5, 0.6) is 0 Å². The monoisotopic (exact) mass is 636 g/mol. The Morgan fingerprint density at radius 3 is 2.21 bits per heavy atom. The highest BCUT2D eigenvalue weighted by Crippen LogP contribution is 2.42. The summed E-state index contributed by atoms with van der Waals surface area (Å²) in [6, 6.07) is 34.7. The van der Waals surface area contributed by atoms with E-state index in [1.54, 1.807) is 0 Å². The number of aliphatic hydroxyl groups is 1. The van der Waals surface area contributed by atoms with Gasteiger partial charge in [-0.3, -0.25) is 14.5 Å². The molecule has 0 aliphatic carbocycles. The third-order valence-electron chi connectivity index (χ3n) is 9.03. The lowest BCUT2D eigenvalue weighted by Crippen LogP contribution is -2.44. The number of nitrogens with zero attached hydrogens (tertiary/aromatic N) is 1. The van der Waals surface area contributed by atoms with Crippen LogP contribution in [0.25, 0.3) is 11.1 Å². The zero-order chi connectivity index (χ0) is 33.3. The molecule has 1 aliphatic rings. The average Bonchev–Trinajstić information content (AvgIpc) is 3.11. The number of rotatable bonds is 13. The quantitative estimate of drug-likeness (QED) is 0.148. The van der Waals surface area contributed by atoms with Gasteiger partial charge < -0.3 is 25.0 Å². The maximum Gasteiger partial charge on any atom is 0.303 e. The number of hydrogen-bond donors (Lipinski definition) is 3. The normalized spacial score (nSPS) is 20.1. The fraction of sp³-hybridized carbons (Fsp3) is 0.333. The van der Waals surface area contributed by atoms with E-state index >= 15 is 0 Å². The Labute approximate surface area is 277 Å². The van der Waals surface area contributed by atoms with E-state index in [2.05, 4.69) is 55.4 Å². The molecule has 0 unspecified atom stereocenters. The van der Waals surface area contributed by atoms with E-state index in [0.717, 1.165) is 39.9 Å². The van der Waals surface area contributed by atoms with Gasteiger partial charge in [0.1, 0.15) is 0 Å². The number of carbonyl (C=O) groups excluding carboxylic acids is 1. The molecule has 3 N–H and O–H groups in total. The van der Waals surface area contributed by atoms with Gasteiger partial charge in [0.2, 0.25) is 5.91 Å². The molecule has 0 spiro atoms. The second kappa shape index (κ2) is 16.0. The molecule has 1 fully saturated rings. The minimum atomic E-state index is -0.989. The van der Waals surface area contributed by atoms with Gasteiger partial charge in [0.25, 0.3) is 0 Å². The van der Waals surface area contributed by atoms with E-state index < -0.39 is 12.3 Å². The van der Waals surface area contributed by atoms with Gasteiger partial charge in [-0.1, -0.05) is 104 Å². The summed E-state index contributed by atoms with van der Waals surface area (Å²) < 4.78 is 13.4. The van der Waals surface area contributed by atoms with Crippen LogP contribution in [0.4, 0.5) is 0 Å². The van der Waals surface area contributed by atoms with E-state index in [4.69, 9.17) is 14.6 Å². The average molecular weight is 637 g/mol. The number of carboxylic acids is 1. The van der Waals surface area contributed by atoms with Crippen molar-refractivity contribution in [1.29, 1.82) is 0 Å². The number of aliphatic carboxylic acids is 1. The largest absolute Gasteiger partial charge is 0.481 e. The first-order valence-corrected chi connectivity index (χ1v) is 16.2. The van der Waals surface area contributed by atoms with Gasteiger partial charge in [-0.2, -0.15) is 0 Å². The summed E-state index contributed by atoms with van der Waals surface area (Å²) in [6.07, 6.45) is -1.10. The smallest absolute Gasteiger partial charge is 0.303 e. The summed E-state index contributed by atoms with van der Waals surface area (Å²) in [5, 5.41) is 21.2. The van der Waals surface area contributed by atoms with Crippen molar-refractivity contribution in [2.24, 2.45) is 5.92 Å². The predicted molar refractivity (Wildman–Crippen MR) is 181 cm³/mol. The second-order valence-corrected chi connectivity index (χ2v) is 12.3. The Morgan fingerprint density at radius 1 is 0.830 bits per heavy atom. The Bertz CT molecular complexity index is 1610. The zero-order valence-electron chi connectivity index (χ0n) is 27.2. The van der Waals surface area contributed by atoms with Crippen LogP contribution in [-0.4, -0.2) is 46.7 Å².